The molecule has 1 aromatic carbocycles. The zero-order valence-corrected chi connectivity index (χ0v) is 15.8. The molecule has 0 radical (unpaired) electrons. The summed E-state index contributed by atoms with van der Waals surface area (Å²) in [5.74, 6) is 0.360. The monoisotopic (exact) mass is 342 g/mol. The van der Waals surface area contributed by atoms with Gasteiger partial charge in [-0.2, -0.15) is 0 Å². The Morgan fingerprint density at radius 3 is 2.83 bits per heavy atom. The molecule has 2 atom stereocenters. The average Bonchev–Trinajstić information content (AvgIpc) is 2.60. The number of nitrogens with zero attached hydrogens (tertiary/aromatic N) is 2. The van der Waals surface area contributed by atoms with Gasteiger partial charge in [-0.1, -0.05) is 36.9 Å². The minimum Gasteiger partial charge on any atom is -0.341 e. The summed E-state index contributed by atoms with van der Waals surface area (Å²) < 4.78 is 0. The van der Waals surface area contributed by atoms with E-state index >= 15 is 0 Å². The van der Waals surface area contributed by atoms with Gasteiger partial charge in [0, 0.05) is 46.8 Å². The minimum absolute atomic E-state index is 0.0248. The number of anilines is 1. The first-order valence-corrected chi connectivity index (χ1v) is 9.47. The average molecular weight is 343 g/mol. The molecule has 4 heteroatoms. The number of hydrogen-bond donors (Lipinski definition) is 0. The predicted molar refractivity (Wildman–Crippen MR) is 102 cm³/mol. The standard InChI is InChI=1S/C20H26N2OS/c1-5-18(23)15-10-11-20-17(12-15)22(13-14(2)21(3)4)16-8-6-7-9-19(16)24-20/h6-11,14-15H,5,12-13H2,1-4H3. The second-order valence-corrected chi connectivity index (χ2v) is 7.88. The van der Waals surface area contributed by atoms with Crippen molar-refractivity contribution < 1.29 is 4.79 Å². The van der Waals surface area contributed by atoms with Crippen LogP contribution in [-0.4, -0.2) is 37.4 Å². The first kappa shape index (κ1) is 17.3. The zero-order valence-electron chi connectivity index (χ0n) is 15.0. The molecule has 0 N–H and O–H groups in total. The number of allylic oxidation sites excluding steroid dienone is 3. The molecule has 1 aliphatic carbocycles. The van der Waals surface area contributed by atoms with Gasteiger partial charge in [0.05, 0.1) is 5.69 Å². The molecule has 0 bridgehead atoms. The molecule has 3 rings (SSSR count). The van der Waals surface area contributed by atoms with Crippen molar-refractivity contribution in [2.75, 3.05) is 25.5 Å². The highest BCUT2D eigenvalue weighted by molar-refractivity contribution is 8.03. The van der Waals surface area contributed by atoms with Crippen LogP contribution in [0.5, 0.6) is 0 Å². The fourth-order valence-corrected chi connectivity index (χ4v) is 4.29. The summed E-state index contributed by atoms with van der Waals surface area (Å²) in [7, 11) is 4.24. The summed E-state index contributed by atoms with van der Waals surface area (Å²) in [5, 5.41) is 0. The van der Waals surface area contributed by atoms with Gasteiger partial charge in [-0.25, -0.2) is 0 Å². The summed E-state index contributed by atoms with van der Waals surface area (Å²) in [6.45, 7) is 5.14. The molecule has 1 aromatic rings. The number of ketones is 1. The van der Waals surface area contributed by atoms with Gasteiger partial charge >= 0.3 is 0 Å². The van der Waals surface area contributed by atoms with Crippen LogP contribution in [-0.2, 0) is 4.79 Å². The van der Waals surface area contributed by atoms with Crippen molar-refractivity contribution in [3.8, 4) is 0 Å². The lowest BCUT2D eigenvalue weighted by molar-refractivity contribution is -0.121. The van der Waals surface area contributed by atoms with Gasteiger partial charge in [-0.05, 0) is 39.2 Å². The van der Waals surface area contributed by atoms with E-state index in [1.807, 2.05) is 18.7 Å². The summed E-state index contributed by atoms with van der Waals surface area (Å²) in [6, 6.07) is 9.02. The molecule has 0 fully saturated rings. The Labute approximate surface area is 149 Å². The Hall–Kier alpha value is -1.52. The molecule has 0 saturated carbocycles. The number of thioether (sulfide) groups is 1. The van der Waals surface area contributed by atoms with Crippen LogP contribution in [0.2, 0.25) is 0 Å². The van der Waals surface area contributed by atoms with Crippen molar-refractivity contribution in [2.24, 2.45) is 5.92 Å². The van der Waals surface area contributed by atoms with E-state index in [1.165, 1.54) is 21.2 Å². The number of benzene rings is 1. The molecule has 0 spiro atoms. The molecule has 0 aromatic heterocycles. The van der Waals surface area contributed by atoms with E-state index in [0.29, 0.717) is 18.2 Å². The lowest BCUT2D eigenvalue weighted by Gasteiger charge is -2.39. The van der Waals surface area contributed by atoms with Crippen molar-refractivity contribution in [3.05, 3.63) is 47.0 Å². The molecule has 2 aliphatic rings. The maximum Gasteiger partial charge on any atom is 0.139 e. The lowest BCUT2D eigenvalue weighted by Crippen LogP contribution is -2.40. The van der Waals surface area contributed by atoms with Crippen LogP contribution in [0, 0.1) is 5.92 Å². The molecule has 1 aliphatic heterocycles. The third-order valence-corrected chi connectivity index (χ3v) is 6.13. The summed E-state index contributed by atoms with van der Waals surface area (Å²) in [4.78, 5) is 19.5. The number of Topliss-reactive ketones (excluding diaryl/α,β-unsaturated/α-hetero) is 1. The summed E-state index contributed by atoms with van der Waals surface area (Å²) in [6.07, 6.45) is 5.68. The third kappa shape index (κ3) is 3.31. The van der Waals surface area contributed by atoms with Crippen LogP contribution in [0.15, 0.2) is 51.9 Å². The van der Waals surface area contributed by atoms with Crippen LogP contribution in [0.3, 0.4) is 0 Å². The fourth-order valence-electron chi connectivity index (χ4n) is 3.16. The summed E-state index contributed by atoms with van der Waals surface area (Å²) in [5.41, 5.74) is 2.58. The SMILES string of the molecule is CCC(=O)C1C=CC2=C(C1)N(CC(C)N(C)C)c1ccccc1S2. The smallest absolute Gasteiger partial charge is 0.139 e. The van der Waals surface area contributed by atoms with Gasteiger partial charge in [0.1, 0.15) is 5.78 Å². The number of para-hydroxylation sites is 1. The normalized spacial score (nSPS) is 20.9. The van der Waals surface area contributed by atoms with Gasteiger partial charge in [-0.15, -0.1) is 0 Å². The third-order valence-electron chi connectivity index (χ3n) is 4.97. The largest absolute Gasteiger partial charge is 0.341 e. The number of carbonyl (C=O) groups excluding carboxylic acids is 1. The van der Waals surface area contributed by atoms with Gasteiger partial charge in [-0.3, -0.25) is 4.79 Å². The lowest BCUT2D eigenvalue weighted by atomic mass is 9.91. The number of rotatable bonds is 5. The maximum atomic E-state index is 12.2. The van der Waals surface area contributed by atoms with E-state index in [9.17, 15) is 4.79 Å². The Kier molecular flexibility index (Phi) is 5.16. The fraction of sp³-hybridized carbons (Fsp3) is 0.450. The predicted octanol–water partition coefficient (Wildman–Crippen LogP) is 4.32. The molecule has 2 unspecified atom stereocenters. The van der Waals surface area contributed by atoms with Crippen LogP contribution < -0.4 is 4.90 Å². The maximum absolute atomic E-state index is 12.2. The quantitative estimate of drug-likeness (QED) is 0.795. The first-order chi connectivity index (χ1) is 11.5. The second kappa shape index (κ2) is 7.16. The van der Waals surface area contributed by atoms with Crippen LogP contribution in [0.25, 0.3) is 0 Å². The van der Waals surface area contributed by atoms with E-state index in [0.717, 1.165) is 13.0 Å². The minimum atomic E-state index is 0.0248. The second-order valence-electron chi connectivity index (χ2n) is 6.79. The molecule has 3 nitrogen and oxygen atoms in total. The van der Waals surface area contributed by atoms with Crippen molar-refractivity contribution in [3.63, 3.8) is 0 Å². The Balaban J connectivity index is 1.96. The molecule has 24 heavy (non-hydrogen) atoms. The van der Waals surface area contributed by atoms with E-state index < -0.39 is 0 Å². The van der Waals surface area contributed by atoms with Crippen LogP contribution in [0.4, 0.5) is 5.69 Å². The Bertz CT molecular complexity index is 693. The van der Waals surface area contributed by atoms with E-state index in [1.54, 1.807) is 0 Å². The van der Waals surface area contributed by atoms with E-state index in [-0.39, 0.29) is 5.92 Å². The summed E-state index contributed by atoms with van der Waals surface area (Å²) >= 11 is 1.83. The highest BCUT2D eigenvalue weighted by atomic mass is 32.2. The van der Waals surface area contributed by atoms with Crippen LogP contribution in [0.1, 0.15) is 26.7 Å². The van der Waals surface area contributed by atoms with Gasteiger partial charge in [0.2, 0.25) is 0 Å². The van der Waals surface area contributed by atoms with Gasteiger partial charge in [0.25, 0.3) is 0 Å². The number of carbonyl (C=O) groups is 1. The molecule has 128 valence electrons. The molecule has 0 amide bonds. The van der Waals surface area contributed by atoms with Crippen molar-refractivity contribution in [1.29, 1.82) is 0 Å². The molecule has 1 heterocycles. The Morgan fingerprint density at radius 1 is 1.38 bits per heavy atom. The van der Waals surface area contributed by atoms with Crippen LogP contribution >= 0.6 is 11.8 Å². The Morgan fingerprint density at radius 2 is 2.12 bits per heavy atom. The first-order valence-electron chi connectivity index (χ1n) is 8.66. The van der Waals surface area contributed by atoms with Crippen molar-refractivity contribution in [1.82, 2.24) is 4.90 Å². The highest BCUT2D eigenvalue weighted by Gasteiger charge is 2.31. The topological polar surface area (TPSA) is 23.6 Å². The molecular weight excluding hydrogens is 316 g/mol. The van der Waals surface area contributed by atoms with Crippen molar-refractivity contribution in [2.45, 2.75) is 37.6 Å². The van der Waals surface area contributed by atoms with Gasteiger partial charge in [0.15, 0.2) is 0 Å². The van der Waals surface area contributed by atoms with Gasteiger partial charge < -0.3 is 9.80 Å². The van der Waals surface area contributed by atoms with Crippen molar-refractivity contribution >= 4 is 23.2 Å². The number of fused-ring (bicyclic) bond motifs is 1. The highest BCUT2D eigenvalue weighted by Crippen LogP contribution is 2.47. The van der Waals surface area contributed by atoms with E-state index in [2.05, 4.69) is 67.2 Å². The molecular formula is C20H26N2OS. The zero-order chi connectivity index (χ0) is 17.3. The molecule has 0 saturated heterocycles. The van der Waals surface area contributed by atoms with E-state index in [4.69, 9.17) is 0 Å². The number of hydrogen-bond acceptors (Lipinski definition) is 4. The number of likely N-dealkylation sites (N-methyl/N-ethyl adjacent to an activating group) is 1.